The fourth-order valence-corrected chi connectivity index (χ4v) is 3.18. The van der Waals surface area contributed by atoms with Gasteiger partial charge in [-0.3, -0.25) is 0 Å². The van der Waals surface area contributed by atoms with E-state index in [-0.39, 0.29) is 6.04 Å². The largest absolute Gasteiger partial charge is 0.493 e. The first-order valence-corrected chi connectivity index (χ1v) is 8.44. The van der Waals surface area contributed by atoms with Crippen molar-refractivity contribution in [3.63, 3.8) is 0 Å². The quantitative estimate of drug-likeness (QED) is 0.779. The summed E-state index contributed by atoms with van der Waals surface area (Å²) >= 11 is 0. The van der Waals surface area contributed by atoms with Gasteiger partial charge in [0.1, 0.15) is 6.61 Å². The predicted octanol–water partition coefficient (Wildman–Crippen LogP) is 2.97. The third kappa shape index (κ3) is 3.37. The molecule has 0 spiro atoms. The molecule has 2 heterocycles. The van der Waals surface area contributed by atoms with Gasteiger partial charge in [-0.05, 0) is 41.8 Å². The Morgan fingerprint density at radius 2 is 2.16 bits per heavy atom. The van der Waals surface area contributed by atoms with Crippen LogP contribution in [0, 0.1) is 0 Å². The van der Waals surface area contributed by atoms with Crippen molar-refractivity contribution in [2.24, 2.45) is 0 Å². The summed E-state index contributed by atoms with van der Waals surface area (Å²) in [6.07, 6.45) is 4.67. The van der Waals surface area contributed by atoms with E-state index in [2.05, 4.69) is 40.7 Å². The van der Waals surface area contributed by atoms with E-state index in [9.17, 15) is 0 Å². The molecule has 128 valence electrons. The van der Waals surface area contributed by atoms with Gasteiger partial charge in [0, 0.05) is 25.0 Å². The summed E-state index contributed by atoms with van der Waals surface area (Å²) in [5.41, 5.74) is 3.48. The number of hydrogen-bond donors (Lipinski definition) is 1. The van der Waals surface area contributed by atoms with E-state index in [1.54, 1.807) is 13.3 Å². The molecule has 1 aliphatic rings. The van der Waals surface area contributed by atoms with Crippen molar-refractivity contribution in [2.75, 3.05) is 13.7 Å². The van der Waals surface area contributed by atoms with E-state index in [1.807, 2.05) is 29.1 Å². The van der Waals surface area contributed by atoms with Crippen LogP contribution in [-0.2, 0) is 13.0 Å². The van der Waals surface area contributed by atoms with E-state index >= 15 is 0 Å². The Bertz CT molecular complexity index is 846. The maximum absolute atomic E-state index is 5.93. The molecule has 2 aromatic carbocycles. The molecule has 5 nitrogen and oxygen atoms in total. The number of nitrogens with one attached hydrogen (secondary N) is 1. The fourth-order valence-electron chi connectivity index (χ4n) is 3.18. The van der Waals surface area contributed by atoms with E-state index in [4.69, 9.17) is 9.47 Å². The van der Waals surface area contributed by atoms with Crippen LogP contribution < -0.4 is 14.8 Å². The molecular formula is C20H21N3O2. The Morgan fingerprint density at radius 1 is 1.24 bits per heavy atom. The molecule has 0 radical (unpaired) electrons. The zero-order chi connectivity index (χ0) is 17.1. The second-order valence-corrected chi connectivity index (χ2v) is 6.16. The second kappa shape index (κ2) is 6.99. The van der Waals surface area contributed by atoms with Gasteiger partial charge in [-0.15, -0.1) is 0 Å². The molecule has 1 unspecified atom stereocenters. The van der Waals surface area contributed by atoms with E-state index in [0.717, 1.165) is 30.2 Å². The van der Waals surface area contributed by atoms with Crippen LogP contribution in [0.3, 0.4) is 0 Å². The molecule has 0 bridgehead atoms. The predicted molar refractivity (Wildman–Crippen MR) is 96.4 cm³/mol. The first-order chi connectivity index (χ1) is 12.3. The van der Waals surface area contributed by atoms with Gasteiger partial charge >= 0.3 is 0 Å². The van der Waals surface area contributed by atoms with E-state index in [0.29, 0.717) is 6.61 Å². The lowest BCUT2D eigenvalue weighted by atomic mass is 10.0. The summed E-state index contributed by atoms with van der Waals surface area (Å²) in [5, 5.41) is 7.88. The van der Waals surface area contributed by atoms with E-state index < -0.39 is 0 Å². The smallest absolute Gasteiger partial charge is 0.164 e. The highest BCUT2D eigenvalue weighted by molar-refractivity contribution is 5.48. The monoisotopic (exact) mass is 335 g/mol. The van der Waals surface area contributed by atoms with Gasteiger partial charge in [-0.25, -0.2) is 4.68 Å². The molecule has 0 saturated heterocycles. The zero-order valence-electron chi connectivity index (χ0n) is 14.2. The number of ether oxygens (including phenoxy) is 2. The highest BCUT2D eigenvalue weighted by Gasteiger charge is 2.22. The van der Waals surface area contributed by atoms with Crippen molar-refractivity contribution < 1.29 is 9.47 Å². The molecule has 5 heteroatoms. The summed E-state index contributed by atoms with van der Waals surface area (Å²) in [6.45, 7) is 1.44. The third-order valence-electron chi connectivity index (χ3n) is 4.45. The SMILES string of the molecule is COc1cccc2c1OCC(NCc1cccc(-n3cccn3)c1)C2. The molecule has 1 aliphatic heterocycles. The van der Waals surface area contributed by atoms with Gasteiger partial charge < -0.3 is 14.8 Å². The van der Waals surface area contributed by atoms with Gasteiger partial charge in [-0.2, -0.15) is 5.10 Å². The van der Waals surface area contributed by atoms with Crippen LogP contribution in [0.1, 0.15) is 11.1 Å². The third-order valence-corrected chi connectivity index (χ3v) is 4.45. The normalized spacial score (nSPS) is 16.1. The first-order valence-electron chi connectivity index (χ1n) is 8.44. The minimum atomic E-state index is 0.285. The Balaban J connectivity index is 1.42. The number of rotatable bonds is 5. The average Bonchev–Trinajstić information content (AvgIpc) is 3.21. The number of hydrogen-bond acceptors (Lipinski definition) is 4. The van der Waals surface area contributed by atoms with Gasteiger partial charge in [0.2, 0.25) is 0 Å². The van der Waals surface area contributed by atoms with Crippen LogP contribution in [0.5, 0.6) is 11.5 Å². The minimum Gasteiger partial charge on any atom is -0.493 e. The van der Waals surface area contributed by atoms with Crippen LogP contribution in [0.25, 0.3) is 5.69 Å². The summed E-state index contributed by atoms with van der Waals surface area (Å²) in [6, 6.07) is 16.7. The molecule has 25 heavy (non-hydrogen) atoms. The molecular weight excluding hydrogens is 314 g/mol. The van der Waals surface area contributed by atoms with Crippen LogP contribution in [0.2, 0.25) is 0 Å². The molecule has 0 amide bonds. The minimum absolute atomic E-state index is 0.285. The number of nitrogens with zero attached hydrogens (tertiary/aromatic N) is 2. The molecule has 1 N–H and O–H groups in total. The van der Waals surface area contributed by atoms with Gasteiger partial charge in [0.25, 0.3) is 0 Å². The van der Waals surface area contributed by atoms with Crippen LogP contribution in [0.15, 0.2) is 60.9 Å². The number of fused-ring (bicyclic) bond motifs is 1. The van der Waals surface area contributed by atoms with E-state index in [1.165, 1.54) is 11.1 Å². The average molecular weight is 335 g/mol. The summed E-state index contributed by atoms with van der Waals surface area (Å²) in [5.74, 6) is 1.69. The standard InChI is InChI=1S/C20H21N3O2/c1-24-19-8-3-6-16-12-17(14-25-20(16)19)21-13-15-5-2-7-18(11-15)23-10-4-9-22-23/h2-11,17,21H,12-14H2,1H3. The topological polar surface area (TPSA) is 48.3 Å². The fraction of sp³-hybridized carbons (Fsp3) is 0.250. The summed E-state index contributed by atoms with van der Waals surface area (Å²) in [4.78, 5) is 0. The summed E-state index contributed by atoms with van der Waals surface area (Å²) in [7, 11) is 1.68. The molecule has 1 atom stereocenters. The Morgan fingerprint density at radius 3 is 3.00 bits per heavy atom. The number of benzene rings is 2. The maximum Gasteiger partial charge on any atom is 0.164 e. The zero-order valence-corrected chi connectivity index (χ0v) is 14.2. The molecule has 0 fully saturated rings. The van der Waals surface area contributed by atoms with Crippen LogP contribution in [0.4, 0.5) is 0 Å². The van der Waals surface area contributed by atoms with Gasteiger partial charge in [0.15, 0.2) is 11.5 Å². The Hall–Kier alpha value is -2.79. The molecule has 1 aromatic heterocycles. The Kier molecular flexibility index (Phi) is 4.39. The lowest BCUT2D eigenvalue weighted by molar-refractivity contribution is 0.226. The van der Waals surface area contributed by atoms with Crippen LogP contribution >= 0.6 is 0 Å². The molecule has 4 rings (SSSR count). The van der Waals surface area contributed by atoms with Crippen molar-refractivity contribution >= 4 is 0 Å². The van der Waals surface area contributed by atoms with Crippen molar-refractivity contribution in [1.82, 2.24) is 15.1 Å². The summed E-state index contributed by atoms with van der Waals surface area (Å²) < 4.78 is 13.2. The van der Waals surface area contributed by atoms with Crippen molar-refractivity contribution in [1.29, 1.82) is 0 Å². The lowest BCUT2D eigenvalue weighted by Crippen LogP contribution is -2.38. The Labute approximate surface area is 147 Å². The van der Waals surface area contributed by atoms with Crippen molar-refractivity contribution in [3.05, 3.63) is 72.1 Å². The van der Waals surface area contributed by atoms with Crippen molar-refractivity contribution in [2.45, 2.75) is 19.0 Å². The number of aromatic nitrogens is 2. The molecule has 0 aliphatic carbocycles. The van der Waals surface area contributed by atoms with Crippen LogP contribution in [-0.4, -0.2) is 29.5 Å². The molecule has 0 saturated carbocycles. The number of methoxy groups -OCH3 is 1. The molecule has 3 aromatic rings. The second-order valence-electron chi connectivity index (χ2n) is 6.16. The van der Waals surface area contributed by atoms with Crippen molar-refractivity contribution in [3.8, 4) is 17.2 Å². The highest BCUT2D eigenvalue weighted by Crippen LogP contribution is 2.34. The lowest BCUT2D eigenvalue weighted by Gasteiger charge is -2.27. The number of para-hydroxylation sites is 1. The van der Waals surface area contributed by atoms with Gasteiger partial charge in [-0.1, -0.05) is 24.3 Å². The maximum atomic E-state index is 5.93. The van der Waals surface area contributed by atoms with Gasteiger partial charge in [0.05, 0.1) is 12.8 Å². The highest BCUT2D eigenvalue weighted by atomic mass is 16.5. The first kappa shape index (κ1) is 15.7.